The molecule has 0 aliphatic carbocycles. The highest BCUT2D eigenvalue weighted by molar-refractivity contribution is 5.92. The van der Waals surface area contributed by atoms with E-state index in [0.717, 1.165) is 11.3 Å². The molecule has 0 spiro atoms. The summed E-state index contributed by atoms with van der Waals surface area (Å²) in [6.45, 7) is 0.461. The summed E-state index contributed by atoms with van der Waals surface area (Å²) in [4.78, 5) is 25.5. The molecule has 2 amide bonds. The number of amides is 2. The van der Waals surface area contributed by atoms with E-state index in [4.69, 9.17) is 4.74 Å². The van der Waals surface area contributed by atoms with Crippen molar-refractivity contribution in [1.29, 1.82) is 0 Å². The van der Waals surface area contributed by atoms with Crippen molar-refractivity contribution in [2.45, 2.75) is 6.54 Å². The van der Waals surface area contributed by atoms with E-state index < -0.39 is 5.82 Å². The summed E-state index contributed by atoms with van der Waals surface area (Å²) in [6, 6.07) is 13.1. The minimum absolute atomic E-state index is 0.0170. The number of rotatable bonds is 8. The molecule has 0 bridgehead atoms. The van der Waals surface area contributed by atoms with Gasteiger partial charge in [-0.05, 0) is 42.9 Å². The van der Waals surface area contributed by atoms with Gasteiger partial charge in [0.1, 0.15) is 11.6 Å². The molecule has 0 aromatic heterocycles. The Morgan fingerprint density at radius 2 is 1.81 bits per heavy atom. The summed E-state index contributed by atoms with van der Waals surface area (Å²) in [5.74, 6) is -0.219. The molecule has 0 fully saturated rings. The van der Waals surface area contributed by atoms with Gasteiger partial charge >= 0.3 is 0 Å². The number of hydrogen-bond donors (Lipinski definition) is 2. The van der Waals surface area contributed by atoms with Crippen LogP contribution in [-0.4, -0.2) is 44.0 Å². The fraction of sp³-hybridized carbons (Fsp3) is 0.263. The number of methoxy groups -OCH3 is 1. The molecule has 2 aromatic carbocycles. The summed E-state index contributed by atoms with van der Waals surface area (Å²) < 4.78 is 18.2. The van der Waals surface area contributed by atoms with Gasteiger partial charge in [-0.2, -0.15) is 0 Å². The second-order valence-corrected chi connectivity index (χ2v) is 5.86. The first kappa shape index (κ1) is 19.4. The first-order chi connectivity index (χ1) is 12.5. The summed E-state index contributed by atoms with van der Waals surface area (Å²) in [7, 11) is 3.25. The zero-order chi connectivity index (χ0) is 18.9. The molecule has 2 rings (SSSR count). The van der Waals surface area contributed by atoms with Gasteiger partial charge in [-0.15, -0.1) is 0 Å². The predicted octanol–water partition coefficient (Wildman–Crippen LogP) is 2.02. The van der Waals surface area contributed by atoms with E-state index in [-0.39, 0.29) is 24.9 Å². The maximum atomic E-state index is 13.1. The maximum absolute atomic E-state index is 13.1. The quantitative estimate of drug-likeness (QED) is 0.757. The van der Waals surface area contributed by atoms with E-state index in [1.807, 2.05) is 24.3 Å². The van der Waals surface area contributed by atoms with Gasteiger partial charge in [0, 0.05) is 12.2 Å². The standard InChI is InChI=1S/C19H22FN3O3/c1-23(13-19(25)22-16-7-4-6-15(20)10-16)12-18(24)21-11-14-5-3-8-17(9-14)26-2/h3-10H,11-13H2,1-2H3,(H,21,24)(H,22,25). The second kappa shape index (κ2) is 9.53. The Labute approximate surface area is 152 Å². The van der Waals surface area contributed by atoms with Gasteiger partial charge in [-0.25, -0.2) is 4.39 Å². The van der Waals surface area contributed by atoms with E-state index in [2.05, 4.69) is 10.6 Å². The summed E-state index contributed by atoms with van der Waals surface area (Å²) in [5, 5.41) is 5.39. The van der Waals surface area contributed by atoms with Crippen LogP contribution in [-0.2, 0) is 16.1 Å². The first-order valence-corrected chi connectivity index (χ1v) is 8.10. The normalized spacial score (nSPS) is 10.5. The van der Waals surface area contributed by atoms with Gasteiger partial charge in [0.15, 0.2) is 0 Å². The van der Waals surface area contributed by atoms with E-state index in [1.54, 1.807) is 25.1 Å². The summed E-state index contributed by atoms with van der Waals surface area (Å²) in [6.07, 6.45) is 0. The lowest BCUT2D eigenvalue weighted by atomic mass is 10.2. The largest absolute Gasteiger partial charge is 0.497 e. The highest BCUT2D eigenvalue weighted by atomic mass is 19.1. The number of anilines is 1. The molecular weight excluding hydrogens is 337 g/mol. The van der Waals surface area contributed by atoms with Crippen molar-refractivity contribution in [3.8, 4) is 5.75 Å². The van der Waals surface area contributed by atoms with Gasteiger partial charge in [-0.1, -0.05) is 18.2 Å². The third-order valence-electron chi connectivity index (χ3n) is 3.56. The first-order valence-electron chi connectivity index (χ1n) is 8.10. The fourth-order valence-electron chi connectivity index (χ4n) is 2.35. The molecule has 0 radical (unpaired) electrons. The molecule has 6 nitrogen and oxygen atoms in total. The number of carbonyl (C=O) groups is 2. The van der Waals surface area contributed by atoms with Crippen LogP contribution in [0.25, 0.3) is 0 Å². The number of benzene rings is 2. The monoisotopic (exact) mass is 359 g/mol. The van der Waals surface area contributed by atoms with E-state index in [0.29, 0.717) is 12.2 Å². The predicted molar refractivity (Wildman–Crippen MR) is 97.4 cm³/mol. The van der Waals surface area contributed by atoms with Crippen molar-refractivity contribution in [1.82, 2.24) is 10.2 Å². The lowest BCUT2D eigenvalue weighted by Crippen LogP contribution is -2.38. The number of halogens is 1. The summed E-state index contributed by atoms with van der Waals surface area (Å²) in [5.41, 5.74) is 1.30. The minimum Gasteiger partial charge on any atom is -0.497 e. The molecule has 0 aliphatic rings. The van der Waals surface area contributed by atoms with Crippen LogP contribution in [0.2, 0.25) is 0 Å². The van der Waals surface area contributed by atoms with Crippen molar-refractivity contribution in [3.05, 3.63) is 59.9 Å². The van der Waals surface area contributed by atoms with Crippen LogP contribution in [0.1, 0.15) is 5.56 Å². The molecule has 0 saturated carbocycles. The Bertz CT molecular complexity index is 767. The SMILES string of the molecule is COc1cccc(CNC(=O)CN(C)CC(=O)Nc2cccc(F)c2)c1. The lowest BCUT2D eigenvalue weighted by molar-refractivity contribution is -0.123. The average molecular weight is 359 g/mol. The smallest absolute Gasteiger partial charge is 0.238 e. The molecule has 2 N–H and O–H groups in total. The number of carbonyl (C=O) groups excluding carboxylic acids is 2. The number of nitrogens with one attached hydrogen (secondary N) is 2. The van der Waals surface area contributed by atoms with Crippen LogP contribution in [0.4, 0.5) is 10.1 Å². The summed E-state index contributed by atoms with van der Waals surface area (Å²) >= 11 is 0. The zero-order valence-corrected chi connectivity index (χ0v) is 14.8. The topological polar surface area (TPSA) is 70.7 Å². The van der Waals surface area contributed by atoms with Crippen LogP contribution in [0.3, 0.4) is 0 Å². The van der Waals surface area contributed by atoms with Crippen molar-refractivity contribution in [2.24, 2.45) is 0 Å². The minimum atomic E-state index is -0.423. The number of hydrogen-bond acceptors (Lipinski definition) is 4. The van der Waals surface area contributed by atoms with Crippen LogP contribution in [0, 0.1) is 5.82 Å². The molecule has 2 aromatic rings. The van der Waals surface area contributed by atoms with Crippen molar-refractivity contribution < 1.29 is 18.7 Å². The number of ether oxygens (including phenoxy) is 1. The van der Waals surface area contributed by atoms with E-state index in [1.165, 1.54) is 18.2 Å². The molecular formula is C19H22FN3O3. The molecule has 0 unspecified atom stereocenters. The molecule has 138 valence electrons. The molecule has 7 heteroatoms. The Morgan fingerprint density at radius 1 is 1.08 bits per heavy atom. The Morgan fingerprint density at radius 3 is 2.54 bits per heavy atom. The second-order valence-electron chi connectivity index (χ2n) is 5.86. The van der Waals surface area contributed by atoms with Crippen LogP contribution < -0.4 is 15.4 Å². The maximum Gasteiger partial charge on any atom is 0.238 e. The van der Waals surface area contributed by atoms with Crippen molar-refractivity contribution in [2.75, 3.05) is 32.6 Å². The Balaban J connectivity index is 1.74. The highest BCUT2D eigenvalue weighted by Gasteiger charge is 2.11. The zero-order valence-electron chi connectivity index (χ0n) is 14.8. The van der Waals surface area contributed by atoms with Gasteiger partial charge in [-0.3, -0.25) is 14.5 Å². The van der Waals surface area contributed by atoms with Crippen LogP contribution in [0.5, 0.6) is 5.75 Å². The van der Waals surface area contributed by atoms with Gasteiger partial charge in [0.25, 0.3) is 0 Å². The van der Waals surface area contributed by atoms with Crippen LogP contribution in [0.15, 0.2) is 48.5 Å². The molecule has 0 atom stereocenters. The Kier molecular flexibility index (Phi) is 7.11. The van der Waals surface area contributed by atoms with Gasteiger partial charge in [0.2, 0.25) is 11.8 Å². The third-order valence-corrected chi connectivity index (χ3v) is 3.56. The number of likely N-dealkylation sites (N-methyl/N-ethyl adjacent to an activating group) is 1. The van der Waals surface area contributed by atoms with Gasteiger partial charge in [0.05, 0.1) is 20.2 Å². The molecule has 26 heavy (non-hydrogen) atoms. The van der Waals surface area contributed by atoms with E-state index >= 15 is 0 Å². The van der Waals surface area contributed by atoms with Crippen LogP contribution >= 0.6 is 0 Å². The van der Waals surface area contributed by atoms with Crippen molar-refractivity contribution >= 4 is 17.5 Å². The Hall–Kier alpha value is -2.93. The fourth-order valence-corrected chi connectivity index (χ4v) is 2.35. The molecule has 0 saturated heterocycles. The van der Waals surface area contributed by atoms with Crippen molar-refractivity contribution in [3.63, 3.8) is 0 Å². The average Bonchev–Trinajstić information content (AvgIpc) is 2.60. The molecule has 0 aliphatic heterocycles. The lowest BCUT2D eigenvalue weighted by Gasteiger charge is -2.16. The van der Waals surface area contributed by atoms with Gasteiger partial charge < -0.3 is 15.4 Å². The highest BCUT2D eigenvalue weighted by Crippen LogP contribution is 2.12. The molecule has 0 heterocycles. The van der Waals surface area contributed by atoms with E-state index in [9.17, 15) is 14.0 Å². The third kappa shape index (κ3) is 6.52. The number of nitrogens with zero attached hydrogens (tertiary/aromatic N) is 1.